The van der Waals surface area contributed by atoms with Crippen molar-refractivity contribution in [1.29, 1.82) is 0 Å². The first-order valence-corrected chi connectivity index (χ1v) is 13.1. The Labute approximate surface area is 207 Å². The number of methoxy groups -OCH3 is 2. The monoisotopic (exact) mass is 496 g/mol. The van der Waals surface area contributed by atoms with E-state index in [2.05, 4.69) is 20.9 Å². The Hall–Kier alpha value is -3.30. The molecule has 9 heteroatoms. The molecule has 4 rings (SSSR count). The number of hydrogen-bond donors (Lipinski definition) is 0. The van der Waals surface area contributed by atoms with E-state index in [4.69, 9.17) is 9.47 Å². The van der Waals surface area contributed by atoms with Crippen molar-refractivity contribution in [3.05, 3.63) is 72.4 Å². The van der Waals surface area contributed by atoms with Gasteiger partial charge in [0, 0.05) is 45.5 Å². The highest BCUT2D eigenvalue weighted by Gasteiger charge is 2.25. The molecule has 1 aliphatic rings. The molecular formula is C26H32N4O4S. The molecule has 35 heavy (non-hydrogen) atoms. The zero-order valence-corrected chi connectivity index (χ0v) is 21.2. The SMILES string of the molecule is CCN(c1ccccc1)S(=O)(=O)c1ccc(N2CCN(Cc3ccc(OC)c(OC)c3)CC2)nc1. The number of para-hydroxylation sites is 1. The van der Waals surface area contributed by atoms with Crippen molar-refractivity contribution >= 4 is 21.5 Å². The average molecular weight is 497 g/mol. The van der Waals surface area contributed by atoms with E-state index in [1.807, 2.05) is 37.3 Å². The van der Waals surface area contributed by atoms with Crippen molar-refractivity contribution in [3.63, 3.8) is 0 Å². The highest BCUT2D eigenvalue weighted by atomic mass is 32.2. The number of hydrogen-bond acceptors (Lipinski definition) is 7. The molecule has 3 aromatic rings. The molecule has 0 N–H and O–H groups in total. The number of rotatable bonds is 9. The molecule has 0 atom stereocenters. The van der Waals surface area contributed by atoms with Crippen LogP contribution in [0.15, 0.2) is 71.8 Å². The molecule has 1 fully saturated rings. The van der Waals surface area contributed by atoms with Gasteiger partial charge in [0.15, 0.2) is 11.5 Å². The Balaban J connectivity index is 1.39. The second kappa shape index (κ2) is 11.0. The van der Waals surface area contributed by atoms with Crippen LogP contribution in [0.4, 0.5) is 11.5 Å². The summed E-state index contributed by atoms with van der Waals surface area (Å²) in [4.78, 5) is 9.27. The van der Waals surface area contributed by atoms with Crippen LogP contribution >= 0.6 is 0 Å². The van der Waals surface area contributed by atoms with Crippen LogP contribution in [0, 0.1) is 0 Å². The van der Waals surface area contributed by atoms with Crippen molar-refractivity contribution in [2.75, 3.05) is 56.1 Å². The zero-order chi connectivity index (χ0) is 24.8. The van der Waals surface area contributed by atoms with E-state index in [9.17, 15) is 8.42 Å². The van der Waals surface area contributed by atoms with Crippen molar-refractivity contribution in [2.24, 2.45) is 0 Å². The fourth-order valence-corrected chi connectivity index (χ4v) is 5.72. The highest BCUT2D eigenvalue weighted by Crippen LogP contribution is 2.28. The minimum absolute atomic E-state index is 0.194. The molecule has 1 aromatic heterocycles. The number of pyridine rings is 1. The molecule has 0 aliphatic carbocycles. The van der Waals surface area contributed by atoms with Crippen LogP contribution in [0.2, 0.25) is 0 Å². The fraction of sp³-hybridized carbons (Fsp3) is 0.346. The number of piperazine rings is 1. The van der Waals surface area contributed by atoms with Crippen molar-refractivity contribution in [3.8, 4) is 11.5 Å². The van der Waals surface area contributed by atoms with Gasteiger partial charge in [0.1, 0.15) is 10.7 Å². The second-order valence-corrected chi connectivity index (χ2v) is 10.2. The average Bonchev–Trinajstić information content (AvgIpc) is 2.90. The first-order chi connectivity index (χ1) is 17.0. The van der Waals surface area contributed by atoms with E-state index in [-0.39, 0.29) is 4.90 Å². The number of aromatic nitrogens is 1. The number of sulfonamides is 1. The first kappa shape index (κ1) is 24.8. The van der Waals surface area contributed by atoms with Gasteiger partial charge in [-0.05, 0) is 48.9 Å². The Bertz CT molecular complexity index is 1210. The van der Waals surface area contributed by atoms with Gasteiger partial charge in [-0.1, -0.05) is 24.3 Å². The van der Waals surface area contributed by atoms with Crippen LogP contribution in [0.25, 0.3) is 0 Å². The third kappa shape index (κ3) is 5.52. The third-order valence-electron chi connectivity index (χ3n) is 6.19. The van der Waals surface area contributed by atoms with Crippen LogP contribution in [-0.4, -0.2) is 65.2 Å². The van der Waals surface area contributed by atoms with E-state index in [0.717, 1.165) is 50.0 Å². The third-order valence-corrected chi connectivity index (χ3v) is 8.08. The van der Waals surface area contributed by atoms with Crippen molar-refractivity contribution in [2.45, 2.75) is 18.4 Å². The summed E-state index contributed by atoms with van der Waals surface area (Å²) < 4.78 is 38.5. The quantitative estimate of drug-likeness (QED) is 0.448. The Kier molecular flexibility index (Phi) is 7.77. The summed E-state index contributed by atoms with van der Waals surface area (Å²) in [6, 6.07) is 18.6. The lowest BCUT2D eigenvalue weighted by Crippen LogP contribution is -2.46. The van der Waals surface area contributed by atoms with Crippen LogP contribution < -0.4 is 18.7 Å². The topological polar surface area (TPSA) is 75.2 Å². The maximum atomic E-state index is 13.2. The largest absolute Gasteiger partial charge is 0.493 e. The summed E-state index contributed by atoms with van der Waals surface area (Å²) in [5.74, 6) is 2.25. The van der Waals surface area contributed by atoms with E-state index in [0.29, 0.717) is 12.2 Å². The van der Waals surface area contributed by atoms with E-state index in [1.165, 1.54) is 16.1 Å². The van der Waals surface area contributed by atoms with Gasteiger partial charge in [-0.2, -0.15) is 0 Å². The summed E-state index contributed by atoms with van der Waals surface area (Å²) in [6.07, 6.45) is 1.46. The Morgan fingerprint density at radius 2 is 1.63 bits per heavy atom. The van der Waals surface area contributed by atoms with Gasteiger partial charge < -0.3 is 14.4 Å². The van der Waals surface area contributed by atoms with Crippen LogP contribution in [0.5, 0.6) is 11.5 Å². The van der Waals surface area contributed by atoms with Gasteiger partial charge in [-0.25, -0.2) is 13.4 Å². The molecule has 186 valence electrons. The maximum Gasteiger partial charge on any atom is 0.265 e. The van der Waals surface area contributed by atoms with Crippen molar-refractivity contribution in [1.82, 2.24) is 9.88 Å². The molecule has 2 heterocycles. The summed E-state index contributed by atoms with van der Waals surface area (Å²) >= 11 is 0. The molecule has 0 radical (unpaired) electrons. The standard InChI is InChI=1S/C26H32N4O4S/c1-4-30(22-8-6-5-7-9-22)35(31,32)23-11-13-26(27-19-23)29-16-14-28(15-17-29)20-21-10-12-24(33-2)25(18-21)34-3/h5-13,18-19H,4,14-17,20H2,1-3H3. The molecule has 1 aliphatic heterocycles. The molecule has 8 nitrogen and oxygen atoms in total. The zero-order valence-electron chi connectivity index (χ0n) is 20.4. The fourth-order valence-electron chi connectivity index (χ4n) is 4.30. The van der Waals surface area contributed by atoms with Crippen LogP contribution in [0.1, 0.15) is 12.5 Å². The maximum absolute atomic E-state index is 13.2. The lowest BCUT2D eigenvalue weighted by atomic mass is 10.1. The number of anilines is 2. The second-order valence-electron chi connectivity index (χ2n) is 8.31. The van der Waals surface area contributed by atoms with Crippen LogP contribution in [0.3, 0.4) is 0 Å². The molecule has 0 spiro atoms. The first-order valence-electron chi connectivity index (χ1n) is 11.7. The van der Waals surface area contributed by atoms with Gasteiger partial charge in [-0.15, -0.1) is 0 Å². The van der Waals surface area contributed by atoms with Crippen molar-refractivity contribution < 1.29 is 17.9 Å². The lowest BCUT2D eigenvalue weighted by Gasteiger charge is -2.35. The van der Waals surface area contributed by atoms with Crippen LogP contribution in [-0.2, 0) is 16.6 Å². The Morgan fingerprint density at radius 1 is 0.914 bits per heavy atom. The number of ether oxygens (including phenoxy) is 2. The lowest BCUT2D eigenvalue weighted by molar-refractivity contribution is 0.248. The molecule has 0 amide bonds. The van der Waals surface area contributed by atoms with E-state index in [1.54, 1.807) is 38.5 Å². The summed E-state index contributed by atoms with van der Waals surface area (Å²) in [5.41, 5.74) is 1.81. The van der Waals surface area contributed by atoms with Gasteiger partial charge in [0.2, 0.25) is 0 Å². The summed E-state index contributed by atoms with van der Waals surface area (Å²) in [5, 5.41) is 0. The molecular weight excluding hydrogens is 464 g/mol. The summed E-state index contributed by atoms with van der Waals surface area (Å²) in [7, 11) is -0.402. The normalized spacial score (nSPS) is 14.5. The smallest absolute Gasteiger partial charge is 0.265 e. The Morgan fingerprint density at radius 3 is 2.23 bits per heavy atom. The van der Waals surface area contributed by atoms with Gasteiger partial charge in [-0.3, -0.25) is 9.21 Å². The van der Waals surface area contributed by atoms with Gasteiger partial charge in [0.25, 0.3) is 10.0 Å². The van der Waals surface area contributed by atoms with E-state index >= 15 is 0 Å². The minimum Gasteiger partial charge on any atom is -0.493 e. The predicted molar refractivity (Wildman–Crippen MR) is 138 cm³/mol. The molecule has 2 aromatic carbocycles. The predicted octanol–water partition coefficient (Wildman–Crippen LogP) is 3.64. The summed E-state index contributed by atoms with van der Waals surface area (Å²) in [6.45, 7) is 6.39. The minimum atomic E-state index is -3.68. The van der Waals surface area contributed by atoms with Gasteiger partial charge >= 0.3 is 0 Å². The molecule has 0 saturated carbocycles. The molecule has 0 bridgehead atoms. The number of nitrogens with zero attached hydrogens (tertiary/aromatic N) is 4. The van der Waals surface area contributed by atoms with Gasteiger partial charge in [0.05, 0.1) is 19.9 Å². The highest BCUT2D eigenvalue weighted by molar-refractivity contribution is 7.92. The molecule has 0 unspecified atom stereocenters. The van der Waals surface area contributed by atoms with E-state index < -0.39 is 10.0 Å². The number of benzene rings is 2. The molecule has 1 saturated heterocycles.